The third-order valence-corrected chi connectivity index (χ3v) is 5.36. The van der Waals surface area contributed by atoms with Crippen LogP contribution in [0.25, 0.3) is 11.1 Å². The number of rotatable bonds is 13. The number of aromatic nitrogens is 1. The maximum atomic E-state index is 14.6. The molecule has 1 aromatic heterocycles. The SMILES string of the molecule is CCO[C@@H](CC(=O)[O-])c1ccc(OCc2ccc(F)c(-c3ccc(OC[C@H](O)CF)nc3C)c2)cc1.[Na+]. The largest absolute Gasteiger partial charge is 1.00 e. The Morgan fingerprint density at radius 2 is 1.81 bits per heavy atom. The van der Waals surface area contributed by atoms with E-state index >= 15 is 0 Å². The summed E-state index contributed by atoms with van der Waals surface area (Å²) in [7, 11) is 0. The monoisotopic (exact) mass is 523 g/mol. The number of alkyl halides is 1. The molecule has 10 heteroatoms. The molecule has 1 heterocycles. The van der Waals surface area contributed by atoms with Crippen molar-refractivity contribution in [2.24, 2.45) is 0 Å². The number of pyridine rings is 1. The quantitative estimate of drug-likeness (QED) is 0.330. The summed E-state index contributed by atoms with van der Waals surface area (Å²) in [5.74, 6) is -0.852. The second kappa shape index (κ2) is 15.0. The van der Waals surface area contributed by atoms with Gasteiger partial charge < -0.3 is 29.2 Å². The number of benzene rings is 2. The first-order valence-corrected chi connectivity index (χ1v) is 11.5. The Kier molecular flexibility index (Phi) is 12.4. The van der Waals surface area contributed by atoms with E-state index in [0.717, 1.165) is 5.56 Å². The normalized spacial score (nSPS) is 12.4. The van der Waals surface area contributed by atoms with E-state index in [1.54, 1.807) is 56.3 Å². The first kappa shape index (κ1) is 30.7. The van der Waals surface area contributed by atoms with Gasteiger partial charge in [-0.15, -0.1) is 0 Å². The van der Waals surface area contributed by atoms with Crippen molar-refractivity contribution in [2.45, 2.75) is 39.1 Å². The van der Waals surface area contributed by atoms with Crippen molar-refractivity contribution < 1.29 is 67.6 Å². The topological polar surface area (TPSA) is 101 Å². The molecular weight excluding hydrogens is 495 g/mol. The standard InChI is InChI=1S/C27H29F2NO6.Na/c1-3-34-25(13-27(32)33)19-5-7-21(8-6-19)35-15-18-4-10-24(29)23(12-18)22-9-11-26(30-17(22)2)36-16-20(31)14-28;/h4-12,20,25,31H,3,13-16H2,1-2H3,(H,32,33);/q;+1/p-1/t20-,25+;/m1./s1. The van der Waals surface area contributed by atoms with Gasteiger partial charge in [0.2, 0.25) is 5.88 Å². The summed E-state index contributed by atoms with van der Waals surface area (Å²) in [4.78, 5) is 15.2. The molecule has 0 unspecified atom stereocenters. The van der Waals surface area contributed by atoms with Gasteiger partial charge in [-0.3, -0.25) is 0 Å². The number of halogens is 2. The van der Waals surface area contributed by atoms with Crippen LogP contribution in [-0.4, -0.2) is 42.1 Å². The Hall–Kier alpha value is -2.56. The third-order valence-electron chi connectivity index (χ3n) is 5.36. The number of carboxylic acids is 1. The number of aryl methyl sites for hydroxylation is 1. The Morgan fingerprint density at radius 1 is 1.08 bits per heavy atom. The van der Waals surface area contributed by atoms with Gasteiger partial charge in [0.15, 0.2) is 0 Å². The van der Waals surface area contributed by atoms with Crippen LogP contribution < -0.4 is 44.1 Å². The van der Waals surface area contributed by atoms with Crippen LogP contribution in [-0.2, 0) is 16.1 Å². The molecule has 0 saturated carbocycles. The van der Waals surface area contributed by atoms with Crippen molar-refractivity contribution in [3.63, 3.8) is 0 Å². The van der Waals surface area contributed by atoms with Crippen molar-refractivity contribution in [1.82, 2.24) is 4.98 Å². The van der Waals surface area contributed by atoms with Crippen molar-refractivity contribution in [2.75, 3.05) is 19.9 Å². The van der Waals surface area contributed by atoms with E-state index in [-0.39, 0.29) is 55.1 Å². The number of hydrogen-bond acceptors (Lipinski definition) is 7. The zero-order valence-electron chi connectivity index (χ0n) is 21.1. The van der Waals surface area contributed by atoms with Crippen LogP contribution in [0.3, 0.4) is 0 Å². The second-order valence-electron chi connectivity index (χ2n) is 8.09. The van der Waals surface area contributed by atoms with Gasteiger partial charge in [-0.2, -0.15) is 0 Å². The Balaban J connectivity index is 0.00000481. The molecule has 7 nitrogen and oxygen atoms in total. The Morgan fingerprint density at radius 3 is 2.43 bits per heavy atom. The van der Waals surface area contributed by atoms with Crippen LogP contribution in [0.15, 0.2) is 54.6 Å². The molecule has 0 aliphatic heterocycles. The summed E-state index contributed by atoms with van der Waals surface area (Å²) in [6.07, 6.45) is -2.07. The number of carbonyl (C=O) groups is 1. The third kappa shape index (κ3) is 9.05. The molecule has 0 saturated heterocycles. The van der Waals surface area contributed by atoms with E-state index in [2.05, 4.69) is 4.98 Å². The summed E-state index contributed by atoms with van der Waals surface area (Å²) in [5, 5.41) is 20.3. The van der Waals surface area contributed by atoms with E-state index < -0.39 is 30.7 Å². The number of ether oxygens (including phenoxy) is 3. The molecule has 0 spiro atoms. The molecule has 192 valence electrons. The van der Waals surface area contributed by atoms with E-state index in [4.69, 9.17) is 14.2 Å². The molecule has 0 radical (unpaired) electrons. The fourth-order valence-electron chi connectivity index (χ4n) is 3.57. The molecule has 0 amide bonds. The zero-order valence-corrected chi connectivity index (χ0v) is 23.1. The summed E-state index contributed by atoms with van der Waals surface area (Å²) >= 11 is 0. The number of nitrogens with zero attached hydrogens (tertiary/aromatic N) is 1. The predicted molar refractivity (Wildman–Crippen MR) is 127 cm³/mol. The van der Waals surface area contributed by atoms with E-state index in [1.807, 2.05) is 0 Å². The Labute approximate surface area is 236 Å². The van der Waals surface area contributed by atoms with Crippen LogP contribution in [0.2, 0.25) is 0 Å². The maximum Gasteiger partial charge on any atom is 1.00 e. The van der Waals surface area contributed by atoms with Gasteiger partial charge in [0.1, 0.15) is 37.6 Å². The molecule has 0 bridgehead atoms. The van der Waals surface area contributed by atoms with E-state index in [9.17, 15) is 23.8 Å². The molecule has 0 aliphatic rings. The molecule has 3 rings (SSSR count). The molecule has 37 heavy (non-hydrogen) atoms. The average Bonchev–Trinajstić information content (AvgIpc) is 2.87. The number of aliphatic carboxylic acids is 1. The van der Waals surface area contributed by atoms with Crippen molar-refractivity contribution in [1.29, 1.82) is 0 Å². The second-order valence-corrected chi connectivity index (χ2v) is 8.09. The minimum atomic E-state index is -1.23. The first-order valence-electron chi connectivity index (χ1n) is 11.5. The fraction of sp³-hybridized carbons (Fsp3) is 0.333. The van der Waals surface area contributed by atoms with Gasteiger partial charge in [0, 0.05) is 41.9 Å². The van der Waals surface area contributed by atoms with Crippen molar-refractivity contribution in [3.8, 4) is 22.8 Å². The van der Waals surface area contributed by atoms with Gasteiger partial charge in [-0.05, 0) is 55.3 Å². The number of hydrogen-bond donors (Lipinski definition) is 1. The molecule has 2 aromatic carbocycles. The van der Waals surface area contributed by atoms with Crippen LogP contribution in [0, 0.1) is 12.7 Å². The molecular formula is C27H28F2NNaO6. The summed E-state index contributed by atoms with van der Waals surface area (Å²) < 4.78 is 43.6. The number of aliphatic hydroxyl groups excluding tert-OH is 1. The predicted octanol–water partition coefficient (Wildman–Crippen LogP) is 0.706. The fourth-order valence-corrected chi connectivity index (χ4v) is 3.57. The minimum absolute atomic E-state index is 0. The number of aliphatic hydroxyl groups is 1. The molecule has 2 atom stereocenters. The summed E-state index contributed by atoms with van der Waals surface area (Å²) in [6, 6.07) is 14.7. The van der Waals surface area contributed by atoms with Crippen molar-refractivity contribution >= 4 is 5.97 Å². The van der Waals surface area contributed by atoms with Gasteiger partial charge in [-0.25, -0.2) is 13.8 Å². The molecule has 1 N–H and O–H groups in total. The Bertz CT molecular complexity index is 1160. The van der Waals surface area contributed by atoms with Gasteiger partial charge >= 0.3 is 29.6 Å². The summed E-state index contributed by atoms with van der Waals surface area (Å²) in [5.41, 5.74) is 2.84. The van der Waals surface area contributed by atoms with Crippen molar-refractivity contribution in [3.05, 3.63) is 77.2 Å². The summed E-state index contributed by atoms with van der Waals surface area (Å²) in [6.45, 7) is 2.89. The van der Waals surface area contributed by atoms with Gasteiger partial charge in [0.25, 0.3) is 0 Å². The van der Waals surface area contributed by atoms with Gasteiger partial charge in [-0.1, -0.05) is 18.2 Å². The zero-order chi connectivity index (χ0) is 26.1. The first-order chi connectivity index (χ1) is 17.3. The number of carboxylic acid groups (broad SMARTS) is 1. The minimum Gasteiger partial charge on any atom is -0.550 e. The van der Waals surface area contributed by atoms with Crippen LogP contribution in [0.4, 0.5) is 8.78 Å². The van der Waals surface area contributed by atoms with Gasteiger partial charge in [0.05, 0.1) is 6.10 Å². The van der Waals surface area contributed by atoms with Crippen LogP contribution >= 0.6 is 0 Å². The smallest absolute Gasteiger partial charge is 0.550 e. The maximum absolute atomic E-state index is 14.6. The molecule has 3 aromatic rings. The van der Waals surface area contributed by atoms with E-state index in [0.29, 0.717) is 34.7 Å². The molecule has 0 fully saturated rings. The number of carbonyl (C=O) groups excluding carboxylic acids is 1. The van der Waals surface area contributed by atoms with Crippen LogP contribution in [0.1, 0.15) is 36.3 Å². The average molecular weight is 524 g/mol. The van der Waals surface area contributed by atoms with Crippen LogP contribution in [0.5, 0.6) is 11.6 Å². The van der Waals surface area contributed by atoms with E-state index in [1.165, 1.54) is 12.1 Å². The molecule has 0 aliphatic carbocycles.